The van der Waals surface area contributed by atoms with Gasteiger partial charge in [-0.1, -0.05) is 0 Å². The van der Waals surface area contributed by atoms with Gasteiger partial charge >= 0.3 is 0 Å². The van der Waals surface area contributed by atoms with E-state index in [1.807, 2.05) is 6.92 Å². The molecule has 2 heterocycles. The van der Waals surface area contributed by atoms with Gasteiger partial charge < -0.3 is 5.11 Å². The van der Waals surface area contributed by atoms with Gasteiger partial charge in [0.2, 0.25) is 0 Å². The van der Waals surface area contributed by atoms with Gasteiger partial charge in [-0.25, -0.2) is 4.98 Å². The van der Waals surface area contributed by atoms with Gasteiger partial charge in [-0.15, -0.1) is 11.3 Å². The molecular weight excluding hydrogens is 220 g/mol. The van der Waals surface area contributed by atoms with E-state index in [0.29, 0.717) is 18.6 Å². The zero-order valence-electron chi connectivity index (χ0n) is 10.0. The monoisotopic (exact) mass is 240 g/mol. The molecule has 1 fully saturated rings. The van der Waals surface area contributed by atoms with Gasteiger partial charge in [0.15, 0.2) is 0 Å². The number of hydrogen-bond donors (Lipinski definition) is 1. The van der Waals surface area contributed by atoms with Crippen LogP contribution in [-0.2, 0) is 6.54 Å². The minimum Gasteiger partial charge on any atom is -0.396 e. The largest absolute Gasteiger partial charge is 0.396 e. The van der Waals surface area contributed by atoms with Crippen molar-refractivity contribution in [2.75, 3.05) is 13.2 Å². The first-order valence-electron chi connectivity index (χ1n) is 5.95. The second kappa shape index (κ2) is 5.25. The summed E-state index contributed by atoms with van der Waals surface area (Å²) < 4.78 is 0. The van der Waals surface area contributed by atoms with Crippen molar-refractivity contribution in [1.82, 2.24) is 9.88 Å². The van der Waals surface area contributed by atoms with E-state index in [-0.39, 0.29) is 0 Å². The molecule has 2 rings (SSSR count). The van der Waals surface area contributed by atoms with Crippen molar-refractivity contribution in [3.63, 3.8) is 0 Å². The second-order valence-electron chi connectivity index (χ2n) is 4.76. The third kappa shape index (κ3) is 2.81. The Morgan fingerprint density at radius 3 is 3.00 bits per heavy atom. The maximum absolute atomic E-state index is 9.23. The summed E-state index contributed by atoms with van der Waals surface area (Å²) in [4.78, 5) is 6.95. The Balaban J connectivity index is 1.96. The van der Waals surface area contributed by atoms with Crippen LogP contribution in [-0.4, -0.2) is 34.2 Å². The highest BCUT2D eigenvalue weighted by Crippen LogP contribution is 2.23. The zero-order valence-corrected chi connectivity index (χ0v) is 10.8. The SMILES string of the molecule is Cc1nc(CN2CC(CO)CCC2C)cs1. The summed E-state index contributed by atoms with van der Waals surface area (Å²) in [5.74, 6) is 0.455. The summed E-state index contributed by atoms with van der Waals surface area (Å²) in [6.07, 6.45) is 2.35. The van der Waals surface area contributed by atoms with Gasteiger partial charge in [0.05, 0.1) is 10.7 Å². The summed E-state index contributed by atoms with van der Waals surface area (Å²) in [5.41, 5.74) is 1.17. The molecule has 0 bridgehead atoms. The molecule has 1 aromatic heterocycles. The van der Waals surface area contributed by atoms with Crippen molar-refractivity contribution in [3.8, 4) is 0 Å². The molecule has 1 aliphatic heterocycles. The van der Waals surface area contributed by atoms with Crippen molar-refractivity contribution in [2.24, 2.45) is 5.92 Å². The van der Waals surface area contributed by atoms with E-state index in [1.165, 1.54) is 12.1 Å². The van der Waals surface area contributed by atoms with Crippen LogP contribution in [0.2, 0.25) is 0 Å². The molecule has 3 nitrogen and oxygen atoms in total. The molecule has 1 aliphatic rings. The van der Waals surface area contributed by atoms with Crippen LogP contribution < -0.4 is 0 Å². The van der Waals surface area contributed by atoms with Gasteiger partial charge in [0.1, 0.15) is 0 Å². The van der Waals surface area contributed by atoms with Crippen LogP contribution in [0, 0.1) is 12.8 Å². The van der Waals surface area contributed by atoms with E-state index in [4.69, 9.17) is 0 Å². The van der Waals surface area contributed by atoms with E-state index in [9.17, 15) is 5.11 Å². The molecule has 1 saturated heterocycles. The lowest BCUT2D eigenvalue weighted by Gasteiger charge is -2.36. The molecule has 0 spiro atoms. The van der Waals surface area contributed by atoms with Crippen LogP contribution in [0.3, 0.4) is 0 Å². The normalized spacial score (nSPS) is 27.2. The number of aliphatic hydroxyl groups excluding tert-OH is 1. The minimum absolute atomic E-state index is 0.319. The lowest BCUT2D eigenvalue weighted by Crippen LogP contribution is -2.42. The number of hydrogen-bond acceptors (Lipinski definition) is 4. The average Bonchev–Trinajstić information content (AvgIpc) is 2.67. The Labute approximate surface area is 101 Å². The molecule has 1 N–H and O–H groups in total. The maximum Gasteiger partial charge on any atom is 0.0897 e. The maximum atomic E-state index is 9.23. The van der Waals surface area contributed by atoms with Crippen molar-refractivity contribution in [1.29, 1.82) is 0 Å². The smallest absolute Gasteiger partial charge is 0.0897 e. The minimum atomic E-state index is 0.319. The van der Waals surface area contributed by atoms with E-state index in [1.54, 1.807) is 11.3 Å². The van der Waals surface area contributed by atoms with Crippen LogP contribution in [0.4, 0.5) is 0 Å². The number of aromatic nitrogens is 1. The fourth-order valence-corrected chi connectivity index (χ4v) is 2.92. The summed E-state index contributed by atoms with van der Waals surface area (Å²) in [5, 5.41) is 12.5. The second-order valence-corrected chi connectivity index (χ2v) is 5.82. The average molecular weight is 240 g/mol. The van der Waals surface area contributed by atoms with Crippen LogP contribution >= 0.6 is 11.3 Å². The quantitative estimate of drug-likeness (QED) is 0.878. The zero-order chi connectivity index (χ0) is 11.5. The molecule has 2 atom stereocenters. The van der Waals surface area contributed by atoms with Crippen molar-refractivity contribution >= 4 is 11.3 Å². The third-order valence-corrected chi connectivity index (χ3v) is 4.22. The molecule has 1 aromatic rings. The predicted octanol–water partition coefficient (Wildman–Crippen LogP) is 2.04. The van der Waals surface area contributed by atoms with Gasteiger partial charge in [-0.3, -0.25) is 4.90 Å². The first-order valence-corrected chi connectivity index (χ1v) is 6.83. The Morgan fingerprint density at radius 1 is 1.56 bits per heavy atom. The van der Waals surface area contributed by atoms with E-state index in [2.05, 4.69) is 22.2 Å². The number of thiazole rings is 1. The van der Waals surface area contributed by atoms with Gasteiger partial charge in [-0.2, -0.15) is 0 Å². The first-order chi connectivity index (χ1) is 7.69. The number of nitrogens with zero attached hydrogens (tertiary/aromatic N) is 2. The molecule has 0 saturated carbocycles. The topological polar surface area (TPSA) is 36.4 Å². The fourth-order valence-electron chi connectivity index (χ4n) is 2.32. The number of rotatable bonds is 3. The summed E-state index contributed by atoms with van der Waals surface area (Å²) in [6, 6.07) is 0.616. The van der Waals surface area contributed by atoms with Crippen LogP contribution in [0.25, 0.3) is 0 Å². The van der Waals surface area contributed by atoms with Crippen LogP contribution in [0.15, 0.2) is 5.38 Å². The lowest BCUT2D eigenvalue weighted by atomic mass is 9.94. The predicted molar refractivity (Wildman–Crippen MR) is 66.5 cm³/mol. The van der Waals surface area contributed by atoms with Crippen LogP contribution in [0.1, 0.15) is 30.5 Å². The van der Waals surface area contributed by atoms with Crippen molar-refractivity contribution in [3.05, 3.63) is 16.1 Å². The molecule has 0 amide bonds. The van der Waals surface area contributed by atoms with Crippen LogP contribution in [0.5, 0.6) is 0 Å². The summed E-state index contributed by atoms with van der Waals surface area (Å²) in [7, 11) is 0. The van der Waals surface area contributed by atoms with E-state index < -0.39 is 0 Å². The lowest BCUT2D eigenvalue weighted by molar-refractivity contribution is 0.0763. The molecule has 90 valence electrons. The summed E-state index contributed by atoms with van der Waals surface area (Å²) >= 11 is 1.71. The summed E-state index contributed by atoms with van der Waals surface area (Å²) in [6.45, 7) is 6.58. The molecule has 2 unspecified atom stereocenters. The fraction of sp³-hybridized carbons (Fsp3) is 0.750. The highest BCUT2D eigenvalue weighted by molar-refractivity contribution is 7.09. The Hall–Kier alpha value is -0.450. The Morgan fingerprint density at radius 2 is 2.38 bits per heavy atom. The number of aliphatic hydroxyl groups is 1. The molecule has 16 heavy (non-hydrogen) atoms. The van der Waals surface area contributed by atoms with E-state index >= 15 is 0 Å². The highest BCUT2D eigenvalue weighted by Gasteiger charge is 2.25. The Bertz CT molecular complexity index is 340. The third-order valence-electron chi connectivity index (χ3n) is 3.40. The highest BCUT2D eigenvalue weighted by atomic mass is 32.1. The van der Waals surface area contributed by atoms with Crippen molar-refractivity contribution < 1.29 is 5.11 Å². The molecular formula is C12H20N2OS. The van der Waals surface area contributed by atoms with E-state index in [0.717, 1.165) is 24.5 Å². The number of piperidine rings is 1. The number of aryl methyl sites for hydroxylation is 1. The molecule has 0 radical (unpaired) electrons. The Kier molecular flexibility index (Phi) is 3.95. The first kappa shape index (κ1) is 12.0. The van der Waals surface area contributed by atoms with Gasteiger partial charge in [0, 0.05) is 31.1 Å². The van der Waals surface area contributed by atoms with Crippen molar-refractivity contribution in [2.45, 2.75) is 39.3 Å². The van der Waals surface area contributed by atoms with Gasteiger partial charge in [-0.05, 0) is 32.6 Å². The molecule has 0 aromatic carbocycles. The standard InChI is InChI=1S/C12H20N2OS/c1-9-3-4-11(7-15)5-14(9)6-12-8-16-10(2)13-12/h8-9,11,15H,3-7H2,1-2H3. The van der Waals surface area contributed by atoms with Gasteiger partial charge in [0.25, 0.3) is 0 Å². The molecule has 4 heteroatoms. The molecule has 0 aliphatic carbocycles. The number of likely N-dealkylation sites (tertiary alicyclic amines) is 1.